The Morgan fingerprint density at radius 2 is 2.03 bits per heavy atom. The summed E-state index contributed by atoms with van der Waals surface area (Å²) in [6, 6.07) is 7.30. The molecule has 2 aromatic rings. The van der Waals surface area contributed by atoms with Crippen LogP contribution in [0.15, 0.2) is 38.6 Å². The molecule has 1 aromatic heterocycles. The standard InChI is InChI=1S/C20H23BrN4O3S/c1-3-5-10-24-19(28)17(18(27)22-20(24)29)14-11-15(25(23-14)16(26)4-2)12-6-8-13(21)9-7-12/h6-9,15,28H,3-5,10-11H2,1-2H3,(H,22,27,29)/t15-/m0/s1. The number of nitrogens with zero attached hydrogens (tertiary/aromatic N) is 3. The maximum atomic E-state index is 12.6. The molecule has 0 bridgehead atoms. The van der Waals surface area contributed by atoms with Gasteiger partial charge in [0.1, 0.15) is 5.56 Å². The first-order valence-electron chi connectivity index (χ1n) is 9.58. The highest BCUT2D eigenvalue weighted by Crippen LogP contribution is 2.34. The smallest absolute Gasteiger partial charge is 0.264 e. The number of aromatic nitrogens is 2. The van der Waals surface area contributed by atoms with Gasteiger partial charge in [-0.05, 0) is 36.3 Å². The number of aromatic hydroxyl groups is 1. The Labute approximate surface area is 182 Å². The number of nitrogens with one attached hydrogen (secondary N) is 1. The monoisotopic (exact) mass is 478 g/mol. The first-order valence-corrected chi connectivity index (χ1v) is 10.8. The number of hydrazone groups is 1. The van der Waals surface area contributed by atoms with Crippen LogP contribution >= 0.6 is 28.1 Å². The molecule has 1 aliphatic rings. The third-order valence-corrected chi connectivity index (χ3v) is 5.77. The van der Waals surface area contributed by atoms with E-state index >= 15 is 0 Å². The first-order chi connectivity index (χ1) is 13.9. The minimum Gasteiger partial charge on any atom is -0.494 e. The molecular weight excluding hydrogens is 456 g/mol. The summed E-state index contributed by atoms with van der Waals surface area (Å²) in [5, 5.41) is 16.7. The minimum atomic E-state index is -0.501. The molecule has 0 fully saturated rings. The van der Waals surface area contributed by atoms with E-state index in [1.165, 1.54) is 9.58 Å². The summed E-state index contributed by atoms with van der Waals surface area (Å²) in [5.41, 5.74) is 0.852. The van der Waals surface area contributed by atoms with Crippen LogP contribution in [0.5, 0.6) is 5.88 Å². The minimum absolute atomic E-state index is 0.0724. The lowest BCUT2D eigenvalue weighted by Crippen LogP contribution is -2.26. The van der Waals surface area contributed by atoms with Crippen LogP contribution in [0.25, 0.3) is 0 Å². The van der Waals surface area contributed by atoms with Crippen LogP contribution in [-0.4, -0.2) is 31.3 Å². The zero-order valence-corrected chi connectivity index (χ0v) is 18.7. The number of benzene rings is 1. The Bertz CT molecular complexity index is 1060. The molecular formula is C20H23BrN4O3S. The molecule has 1 aliphatic heterocycles. The Balaban J connectivity index is 2.07. The molecule has 2 N–H and O–H groups in total. The predicted octanol–water partition coefficient (Wildman–Crippen LogP) is 4.26. The SMILES string of the molecule is CCCCn1c(O)c(C2=NN(C(=O)CC)[C@H](c3ccc(Br)cc3)C2)c(=O)[nH]c1=S. The molecule has 2 heterocycles. The van der Waals surface area contributed by atoms with Gasteiger partial charge in [-0.15, -0.1) is 0 Å². The second-order valence-corrected chi connectivity index (χ2v) is 8.18. The van der Waals surface area contributed by atoms with Crippen LogP contribution < -0.4 is 5.56 Å². The van der Waals surface area contributed by atoms with Gasteiger partial charge >= 0.3 is 0 Å². The van der Waals surface area contributed by atoms with Crippen molar-refractivity contribution in [3.63, 3.8) is 0 Å². The number of carbonyl (C=O) groups is 1. The summed E-state index contributed by atoms with van der Waals surface area (Å²) in [6.07, 6.45) is 2.34. The fraction of sp³-hybridized carbons (Fsp3) is 0.400. The van der Waals surface area contributed by atoms with E-state index in [0.717, 1.165) is 22.9 Å². The third-order valence-electron chi connectivity index (χ3n) is 4.92. The molecule has 7 nitrogen and oxygen atoms in total. The highest BCUT2D eigenvalue weighted by Gasteiger charge is 2.34. The number of carbonyl (C=O) groups excluding carboxylic acids is 1. The summed E-state index contributed by atoms with van der Waals surface area (Å²) in [5.74, 6) is -0.353. The van der Waals surface area contributed by atoms with Crippen molar-refractivity contribution in [2.45, 2.75) is 52.1 Å². The number of amides is 1. The summed E-state index contributed by atoms with van der Waals surface area (Å²) >= 11 is 8.62. The second-order valence-electron chi connectivity index (χ2n) is 6.87. The number of H-pyrrole nitrogens is 1. The molecule has 29 heavy (non-hydrogen) atoms. The van der Waals surface area contributed by atoms with Crippen LogP contribution in [0, 0.1) is 4.77 Å². The van der Waals surface area contributed by atoms with E-state index in [1.807, 2.05) is 31.2 Å². The van der Waals surface area contributed by atoms with Gasteiger partial charge in [-0.25, -0.2) is 5.01 Å². The fourth-order valence-corrected chi connectivity index (χ4v) is 3.88. The predicted molar refractivity (Wildman–Crippen MR) is 118 cm³/mol. The number of unbranched alkanes of at least 4 members (excludes halogenated alkanes) is 1. The van der Waals surface area contributed by atoms with Gasteiger partial charge in [-0.3, -0.25) is 19.1 Å². The van der Waals surface area contributed by atoms with E-state index in [4.69, 9.17) is 12.2 Å². The maximum Gasteiger partial charge on any atom is 0.264 e. The zero-order valence-electron chi connectivity index (χ0n) is 16.3. The number of halogens is 1. The molecule has 154 valence electrons. The Kier molecular flexibility index (Phi) is 6.69. The summed E-state index contributed by atoms with van der Waals surface area (Å²) in [4.78, 5) is 27.8. The second kappa shape index (κ2) is 9.04. The molecule has 0 radical (unpaired) electrons. The summed E-state index contributed by atoms with van der Waals surface area (Å²) in [6.45, 7) is 4.29. The van der Waals surface area contributed by atoms with Crippen molar-refractivity contribution in [3.8, 4) is 5.88 Å². The largest absolute Gasteiger partial charge is 0.494 e. The van der Waals surface area contributed by atoms with E-state index in [-0.39, 0.29) is 34.6 Å². The van der Waals surface area contributed by atoms with Crippen LogP contribution in [0.1, 0.15) is 56.7 Å². The Morgan fingerprint density at radius 1 is 1.34 bits per heavy atom. The summed E-state index contributed by atoms with van der Waals surface area (Å²) < 4.78 is 2.62. The van der Waals surface area contributed by atoms with Crippen LogP contribution in [0.3, 0.4) is 0 Å². The normalized spacial score (nSPS) is 16.2. The molecule has 0 saturated carbocycles. The van der Waals surface area contributed by atoms with E-state index in [2.05, 4.69) is 26.0 Å². The van der Waals surface area contributed by atoms with Crippen LogP contribution in [0.2, 0.25) is 0 Å². The lowest BCUT2D eigenvalue weighted by atomic mass is 9.99. The molecule has 0 spiro atoms. The van der Waals surface area contributed by atoms with Gasteiger partial charge in [0, 0.05) is 23.9 Å². The average Bonchev–Trinajstić information content (AvgIpc) is 3.12. The van der Waals surface area contributed by atoms with Gasteiger partial charge in [-0.2, -0.15) is 5.10 Å². The van der Waals surface area contributed by atoms with E-state index < -0.39 is 5.56 Å². The van der Waals surface area contributed by atoms with Crippen LogP contribution in [-0.2, 0) is 11.3 Å². The zero-order chi connectivity index (χ0) is 21.1. The van der Waals surface area contributed by atoms with Crippen molar-refractivity contribution in [2.24, 2.45) is 5.10 Å². The van der Waals surface area contributed by atoms with Crippen LogP contribution in [0.4, 0.5) is 0 Å². The van der Waals surface area contributed by atoms with Crippen molar-refractivity contribution >= 4 is 39.8 Å². The van der Waals surface area contributed by atoms with Gasteiger partial charge in [-0.1, -0.05) is 48.3 Å². The molecule has 0 saturated heterocycles. The molecule has 9 heteroatoms. The van der Waals surface area contributed by atoms with E-state index in [0.29, 0.717) is 18.7 Å². The van der Waals surface area contributed by atoms with Gasteiger partial charge in [0.05, 0.1) is 11.8 Å². The Hall–Kier alpha value is -2.26. The summed E-state index contributed by atoms with van der Waals surface area (Å²) in [7, 11) is 0. The lowest BCUT2D eigenvalue weighted by molar-refractivity contribution is -0.132. The number of rotatable bonds is 6. The van der Waals surface area contributed by atoms with E-state index in [1.54, 1.807) is 6.92 Å². The third kappa shape index (κ3) is 4.35. The maximum absolute atomic E-state index is 12.6. The number of hydrogen-bond acceptors (Lipinski definition) is 5. The molecule has 1 aromatic carbocycles. The molecule has 0 aliphatic carbocycles. The van der Waals surface area contributed by atoms with Crippen molar-refractivity contribution in [3.05, 3.63) is 55.0 Å². The van der Waals surface area contributed by atoms with Gasteiger partial charge < -0.3 is 5.11 Å². The van der Waals surface area contributed by atoms with Crippen molar-refractivity contribution in [2.75, 3.05) is 0 Å². The van der Waals surface area contributed by atoms with Crippen molar-refractivity contribution < 1.29 is 9.90 Å². The van der Waals surface area contributed by atoms with E-state index in [9.17, 15) is 14.7 Å². The molecule has 0 unspecified atom stereocenters. The lowest BCUT2D eigenvalue weighted by Gasteiger charge is -2.21. The molecule has 3 rings (SSSR count). The topological polar surface area (TPSA) is 90.7 Å². The highest BCUT2D eigenvalue weighted by atomic mass is 79.9. The fourth-order valence-electron chi connectivity index (χ4n) is 3.34. The number of hydrogen-bond donors (Lipinski definition) is 2. The van der Waals surface area contributed by atoms with Crippen molar-refractivity contribution in [1.82, 2.24) is 14.6 Å². The highest BCUT2D eigenvalue weighted by molar-refractivity contribution is 9.10. The van der Waals surface area contributed by atoms with Gasteiger partial charge in [0.25, 0.3) is 5.56 Å². The van der Waals surface area contributed by atoms with Gasteiger partial charge in [0.2, 0.25) is 11.8 Å². The number of aromatic amines is 1. The van der Waals surface area contributed by atoms with Crippen molar-refractivity contribution in [1.29, 1.82) is 0 Å². The molecule has 1 atom stereocenters. The molecule has 1 amide bonds. The average molecular weight is 479 g/mol. The van der Waals surface area contributed by atoms with Gasteiger partial charge in [0.15, 0.2) is 4.77 Å². The first kappa shape index (κ1) is 21.4. The Morgan fingerprint density at radius 3 is 2.66 bits per heavy atom. The quantitative estimate of drug-likeness (QED) is 0.606.